The Kier molecular flexibility index (Phi) is 3.40. The van der Waals surface area contributed by atoms with Crippen LogP contribution in [-0.4, -0.2) is 13.7 Å². The maximum absolute atomic E-state index is 10.9. The van der Waals surface area contributed by atoms with Gasteiger partial charge in [0.25, 0.3) is 14.3 Å². The van der Waals surface area contributed by atoms with Crippen LogP contribution in [-0.2, 0) is 9.05 Å². The second kappa shape index (κ2) is 3.86. The minimum absolute atomic E-state index is 0.113. The minimum Gasteiger partial charge on any atom is -0.275 e. The molecule has 72 valence electrons. The third-order valence-corrected chi connectivity index (χ3v) is 5.77. The molecule has 0 fully saturated rings. The lowest BCUT2D eigenvalue weighted by Gasteiger charge is -1.88. The summed E-state index contributed by atoms with van der Waals surface area (Å²) in [7, 11) is 1.27. The molecule has 0 amide bonds. The van der Waals surface area contributed by atoms with Crippen LogP contribution >= 0.6 is 49.6 Å². The second-order valence-corrected chi connectivity index (χ2v) is 6.97. The van der Waals surface area contributed by atoms with E-state index in [-0.39, 0.29) is 13.6 Å². The van der Waals surface area contributed by atoms with Crippen molar-refractivity contribution in [1.29, 1.82) is 0 Å². The molecule has 3 nitrogen and oxygen atoms in total. The van der Waals surface area contributed by atoms with Gasteiger partial charge in [-0.2, -0.15) is 0 Å². The van der Waals surface area contributed by atoms with Gasteiger partial charge in [0, 0.05) is 15.2 Å². The molecule has 1 heterocycles. The summed E-state index contributed by atoms with van der Waals surface area (Å²) < 4.78 is 21.9. The molecule has 0 saturated carbocycles. The smallest absolute Gasteiger partial charge is 0.271 e. The first-order valence-corrected chi connectivity index (χ1v) is 7.06. The SMILES string of the molecule is O=C(Cl)c1cc(Br)c(S(=O)(=O)Cl)s1. The van der Waals surface area contributed by atoms with Crippen molar-refractivity contribution in [3.05, 3.63) is 15.4 Å². The van der Waals surface area contributed by atoms with Crippen LogP contribution in [0.3, 0.4) is 0 Å². The molecule has 0 radical (unpaired) electrons. The summed E-state index contributed by atoms with van der Waals surface area (Å²) in [5.41, 5.74) is 0. The standard InChI is InChI=1S/C5HBrCl2O3S2/c6-2-1-3(4(7)9)12-5(2)13(8,10)11/h1H. The fraction of sp³-hybridized carbons (Fsp3) is 0. The molecular weight excluding hydrogens is 323 g/mol. The molecule has 1 aromatic heterocycles. The fourth-order valence-electron chi connectivity index (χ4n) is 0.615. The molecule has 8 heteroatoms. The lowest BCUT2D eigenvalue weighted by molar-refractivity contribution is 0.108. The molecule has 0 bridgehead atoms. The molecule has 0 aliphatic carbocycles. The van der Waals surface area contributed by atoms with E-state index in [1.54, 1.807) is 0 Å². The van der Waals surface area contributed by atoms with Crippen LogP contribution < -0.4 is 0 Å². The molecule has 0 aromatic carbocycles. The van der Waals surface area contributed by atoms with Crippen molar-refractivity contribution in [2.45, 2.75) is 4.21 Å². The molecule has 1 aromatic rings. The first-order valence-electron chi connectivity index (χ1n) is 2.76. The van der Waals surface area contributed by atoms with Gasteiger partial charge in [-0.1, -0.05) is 0 Å². The van der Waals surface area contributed by atoms with Gasteiger partial charge in [0.1, 0.15) is 4.21 Å². The van der Waals surface area contributed by atoms with E-state index in [2.05, 4.69) is 15.9 Å². The highest BCUT2D eigenvalue weighted by atomic mass is 79.9. The molecule has 1 rings (SSSR count). The zero-order valence-electron chi connectivity index (χ0n) is 5.75. The number of carbonyl (C=O) groups excluding carboxylic acids is 1. The summed E-state index contributed by atoms with van der Waals surface area (Å²) in [5, 5.41) is -0.711. The van der Waals surface area contributed by atoms with Gasteiger partial charge in [0.2, 0.25) is 0 Å². The van der Waals surface area contributed by atoms with Gasteiger partial charge in [-0.3, -0.25) is 4.79 Å². The highest BCUT2D eigenvalue weighted by Gasteiger charge is 2.20. The summed E-state index contributed by atoms with van der Waals surface area (Å²) in [4.78, 5) is 10.8. The second-order valence-electron chi connectivity index (χ2n) is 1.96. The van der Waals surface area contributed by atoms with Crippen LogP contribution in [0.15, 0.2) is 14.7 Å². The van der Waals surface area contributed by atoms with Crippen LogP contribution in [0, 0.1) is 0 Å². The van der Waals surface area contributed by atoms with E-state index in [0.717, 1.165) is 11.3 Å². The Labute approximate surface area is 96.2 Å². The van der Waals surface area contributed by atoms with Crippen LogP contribution in [0.5, 0.6) is 0 Å². The van der Waals surface area contributed by atoms with Crippen molar-refractivity contribution >= 4 is 63.8 Å². The molecular formula is C5HBrCl2O3S2. The maximum atomic E-state index is 10.9. The fourth-order valence-corrected chi connectivity index (χ4v) is 4.43. The molecule has 0 atom stereocenters. The molecule has 0 unspecified atom stereocenters. The highest BCUT2D eigenvalue weighted by molar-refractivity contribution is 9.10. The van der Waals surface area contributed by atoms with E-state index < -0.39 is 14.3 Å². The third-order valence-electron chi connectivity index (χ3n) is 1.07. The van der Waals surface area contributed by atoms with Crippen LogP contribution in [0.1, 0.15) is 9.67 Å². The van der Waals surface area contributed by atoms with Crippen molar-refractivity contribution in [3.63, 3.8) is 0 Å². The van der Waals surface area contributed by atoms with Gasteiger partial charge in [0.15, 0.2) is 0 Å². The molecule has 13 heavy (non-hydrogen) atoms. The minimum atomic E-state index is -3.81. The molecule has 0 spiro atoms. The lowest BCUT2D eigenvalue weighted by atomic mass is 10.5. The van der Waals surface area contributed by atoms with E-state index in [4.69, 9.17) is 22.3 Å². The van der Waals surface area contributed by atoms with E-state index in [9.17, 15) is 13.2 Å². The lowest BCUT2D eigenvalue weighted by Crippen LogP contribution is -1.85. The van der Waals surface area contributed by atoms with Gasteiger partial charge in [0.05, 0.1) is 4.88 Å². The number of hydrogen-bond donors (Lipinski definition) is 0. The van der Waals surface area contributed by atoms with Gasteiger partial charge < -0.3 is 0 Å². The summed E-state index contributed by atoms with van der Waals surface area (Å²) in [6.07, 6.45) is 0. The Morgan fingerprint density at radius 2 is 2.08 bits per heavy atom. The summed E-state index contributed by atoms with van der Waals surface area (Å²) in [5.74, 6) is 0. The molecule has 0 aliphatic rings. The van der Waals surface area contributed by atoms with Gasteiger partial charge in [-0.15, -0.1) is 11.3 Å². The average molecular weight is 324 g/mol. The molecule has 0 aliphatic heterocycles. The van der Waals surface area contributed by atoms with Gasteiger partial charge in [-0.05, 0) is 33.6 Å². The third kappa shape index (κ3) is 2.66. The summed E-state index contributed by atoms with van der Waals surface area (Å²) >= 11 is 8.83. The zero-order chi connectivity index (χ0) is 10.2. The first-order chi connectivity index (χ1) is 5.82. The average Bonchev–Trinajstić information content (AvgIpc) is 2.29. The van der Waals surface area contributed by atoms with Crippen molar-refractivity contribution in [3.8, 4) is 0 Å². The monoisotopic (exact) mass is 322 g/mol. The zero-order valence-corrected chi connectivity index (χ0v) is 10.5. The van der Waals surface area contributed by atoms with E-state index in [0.29, 0.717) is 0 Å². The number of rotatable bonds is 2. The normalized spacial score (nSPS) is 11.6. The summed E-state index contributed by atoms with van der Waals surface area (Å²) in [6.45, 7) is 0. The topological polar surface area (TPSA) is 51.2 Å². The van der Waals surface area contributed by atoms with Crippen molar-refractivity contribution in [2.75, 3.05) is 0 Å². The first kappa shape index (κ1) is 11.5. The van der Waals surface area contributed by atoms with Gasteiger partial charge >= 0.3 is 0 Å². The van der Waals surface area contributed by atoms with Crippen molar-refractivity contribution in [1.82, 2.24) is 0 Å². The van der Waals surface area contributed by atoms with E-state index in [1.165, 1.54) is 6.07 Å². The van der Waals surface area contributed by atoms with E-state index >= 15 is 0 Å². The maximum Gasteiger partial charge on any atom is 0.271 e. The highest BCUT2D eigenvalue weighted by Crippen LogP contribution is 2.34. The Hall–Kier alpha value is 0.380. The van der Waals surface area contributed by atoms with Crippen molar-refractivity contribution < 1.29 is 13.2 Å². The Bertz CT molecular complexity index is 450. The number of halogens is 3. The van der Waals surface area contributed by atoms with E-state index in [1.807, 2.05) is 0 Å². The largest absolute Gasteiger partial charge is 0.275 e. The number of carbonyl (C=O) groups is 1. The van der Waals surface area contributed by atoms with Crippen LogP contribution in [0.25, 0.3) is 0 Å². The quantitative estimate of drug-likeness (QED) is 0.786. The Morgan fingerprint density at radius 3 is 2.31 bits per heavy atom. The Morgan fingerprint density at radius 1 is 1.54 bits per heavy atom. The van der Waals surface area contributed by atoms with Crippen LogP contribution in [0.2, 0.25) is 0 Å². The van der Waals surface area contributed by atoms with Gasteiger partial charge in [-0.25, -0.2) is 8.42 Å². The summed E-state index contributed by atoms with van der Waals surface area (Å²) in [6, 6.07) is 1.31. The molecule has 0 saturated heterocycles. The predicted octanol–water partition coefficient (Wildman–Crippen LogP) is 2.82. The number of hydrogen-bond acceptors (Lipinski definition) is 4. The van der Waals surface area contributed by atoms with Crippen LogP contribution in [0.4, 0.5) is 0 Å². The molecule has 0 N–H and O–H groups in total. The Balaban J connectivity index is 3.35. The van der Waals surface area contributed by atoms with Crippen molar-refractivity contribution in [2.24, 2.45) is 0 Å². The predicted molar refractivity (Wildman–Crippen MR) is 55.2 cm³/mol. The number of thiophene rings is 1.